The van der Waals surface area contributed by atoms with Crippen molar-refractivity contribution < 1.29 is 9.32 Å². The standard InChI is InChI=1S/C16H18N6O2/c1-11(2)5-13-6-14(24-21-13)8-18-16(23)12-3-4-15(17-7-12)22-9-19-20-10-22/h3-4,6-7,9-11H,5,8H2,1-2H3,(H,18,23). The molecule has 124 valence electrons. The number of hydrogen-bond donors (Lipinski definition) is 1. The van der Waals surface area contributed by atoms with Crippen molar-refractivity contribution in [2.45, 2.75) is 26.8 Å². The number of carbonyl (C=O) groups is 1. The SMILES string of the molecule is CC(C)Cc1cc(CNC(=O)c2ccc(-n3cnnc3)nc2)on1. The summed E-state index contributed by atoms with van der Waals surface area (Å²) in [5.74, 6) is 1.56. The van der Waals surface area contributed by atoms with Crippen LogP contribution in [0.2, 0.25) is 0 Å². The molecule has 8 nitrogen and oxygen atoms in total. The van der Waals surface area contributed by atoms with Crippen molar-refractivity contribution >= 4 is 5.91 Å². The smallest absolute Gasteiger partial charge is 0.253 e. The predicted octanol–water partition coefficient (Wildman–Crippen LogP) is 1.78. The van der Waals surface area contributed by atoms with E-state index in [0.29, 0.717) is 23.1 Å². The molecular formula is C16H18N6O2. The van der Waals surface area contributed by atoms with Gasteiger partial charge in [0.1, 0.15) is 18.5 Å². The summed E-state index contributed by atoms with van der Waals surface area (Å²) in [6.45, 7) is 4.52. The molecule has 0 saturated carbocycles. The number of nitrogens with zero attached hydrogens (tertiary/aromatic N) is 5. The lowest BCUT2D eigenvalue weighted by atomic mass is 10.1. The Morgan fingerprint density at radius 2 is 2.08 bits per heavy atom. The van der Waals surface area contributed by atoms with Gasteiger partial charge < -0.3 is 9.84 Å². The quantitative estimate of drug-likeness (QED) is 0.741. The summed E-state index contributed by atoms with van der Waals surface area (Å²) in [7, 11) is 0. The molecule has 0 spiro atoms. The van der Waals surface area contributed by atoms with Gasteiger partial charge in [-0.15, -0.1) is 10.2 Å². The topological polar surface area (TPSA) is 98.7 Å². The van der Waals surface area contributed by atoms with Gasteiger partial charge in [-0.25, -0.2) is 4.98 Å². The molecule has 0 aromatic carbocycles. The van der Waals surface area contributed by atoms with Gasteiger partial charge in [0.15, 0.2) is 5.76 Å². The van der Waals surface area contributed by atoms with Crippen molar-refractivity contribution in [3.63, 3.8) is 0 Å². The summed E-state index contributed by atoms with van der Waals surface area (Å²) >= 11 is 0. The Labute approximate surface area is 138 Å². The lowest BCUT2D eigenvalue weighted by Crippen LogP contribution is -2.22. The van der Waals surface area contributed by atoms with Crippen molar-refractivity contribution in [3.8, 4) is 5.82 Å². The average molecular weight is 326 g/mol. The lowest BCUT2D eigenvalue weighted by Gasteiger charge is -2.04. The highest BCUT2D eigenvalue weighted by atomic mass is 16.5. The number of amides is 1. The molecule has 24 heavy (non-hydrogen) atoms. The zero-order valence-electron chi connectivity index (χ0n) is 13.5. The minimum atomic E-state index is -0.223. The van der Waals surface area contributed by atoms with Gasteiger partial charge in [-0.3, -0.25) is 9.36 Å². The van der Waals surface area contributed by atoms with E-state index >= 15 is 0 Å². The molecule has 0 aliphatic heterocycles. The van der Waals surface area contributed by atoms with Crippen LogP contribution in [-0.2, 0) is 13.0 Å². The molecule has 0 bridgehead atoms. The van der Waals surface area contributed by atoms with Gasteiger partial charge >= 0.3 is 0 Å². The first-order chi connectivity index (χ1) is 11.6. The third-order valence-electron chi connectivity index (χ3n) is 3.34. The first-order valence-corrected chi connectivity index (χ1v) is 7.65. The summed E-state index contributed by atoms with van der Waals surface area (Å²) in [6, 6.07) is 5.30. The Kier molecular flexibility index (Phi) is 4.64. The van der Waals surface area contributed by atoms with Crippen LogP contribution >= 0.6 is 0 Å². The van der Waals surface area contributed by atoms with Crippen LogP contribution in [0.25, 0.3) is 5.82 Å². The van der Waals surface area contributed by atoms with E-state index in [2.05, 4.69) is 39.5 Å². The van der Waals surface area contributed by atoms with Gasteiger partial charge in [-0.05, 0) is 24.5 Å². The highest BCUT2D eigenvalue weighted by Gasteiger charge is 2.10. The van der Waals surface area contributed by atoms with Crippen LogP contribution in [0.5, 0.6) is 0 Å². The number of nitrogens with one attached hydrogen (secondary N) is 1. The fraction of sp³-hybridized carbons (Fsp3) is 0.312. The van der Waals surface area contributed by atoms with Gasteiger partial charge in [0.2, 0.25) is 0 Å². The van der Waals surface area contributed by atoms with E-state index in [9.17, 15) is 4.79 Å². The molecule has 0 radical (unpaired) electrons. The molecule has 0 aliphatic rings. The third kappa shape index (κ3) is 3.83. The second kappa shape index (κ2) is 7.03. The number of carbonyl (C=O) groups excluding carboxylic acids is 1. The Morgan fingerprint density at radius 1 is 1.29 bits per heavy atom. The molecular weight excluding hydrogens is 308 g/mol. The van der Waals surface area contributed by atoms with Crippen molar-refractivity contribution in [2.75, 3.05) is 0 Å². The monoisotopic (exact) mass is 326 g/mol. The first-order valence-electron chi connectivity index (χ1n) is 7.65. The molecule has 8 heteroatoms. The van der Waals surface area contributed by atoms with Crippen molar-refractivity contribution in [2.24, 2.45) is 5.92 Å². The van der Waals surface area contributed by atoms with Crippen LogP contribution in [0.3, 0.4) is 0 Å². The second-order valence-electron chi connectivity index (χ2n) is 5.84. The fourth-order valence-electron chi connectivity index (χ4n) is 2.22. The molecule has 1 N–H and O–H groups in total. The fourth-order valence-corrected chi connectivity index (χ4v) is 2.22. The van der Waals surface area contributed by atoms with E-state index in [1.807, 2.05) is 6.07 Å². The Morgan fingerprint density at radius 3 is 2.75 bits per heavy atom. The van der Waals surface area contributed by atoms with Crippen molar-refractivity contribution in [1.82, 2.24) is 30.2 Å². The molecule has 1 amide bonds. The van der Waals surface area contributed by atoms with Crippen LogP contribution in [0.1, 0.15) is 35.7 Å². The van der Waals surface area contributed by atoms with E-state index in [0.717, 1.165) is 12.1 Å². The average Bonchev–Trinajstić information content (AvgIpc) is 3.24. The molecule has 3 rings (SSSR count). The van der Waals surface area contributed by atoms with E-state index in [1.54, 1.807) is 29.4 Å². The maximum atomic E-state index is 12.2. The van der Waals surface area contributed by atoms with Crippen LogP contribution in [0, 0.1) is 5.92 Å². The van der Waals surface area contributed by atoms with Crippen molar-refractivity contribution in [1.29, 1.82) is 0 Å². The highest BCUT2D eigenvalue weighted by Crippen LogP contribution is 2.10. The van der Waals surface area contributed by atoms with Gasteiger partial charge in [0.05, 0.1) is 17.8 Å². The number of rotatable bonds is 6. The third-order valence-corrected chi connectivity index (χ3v) is 3.34. The summed E-state index contributed by atoms with van der Waals surface area (Å²) in [5.41, 5.74) is 1.36. The normalized spacial score (nSPS) is 11.0. The Hall–Kier alpha value is -3.03. The van der Waals surface area contributed by atoms with Gasteiger partial charge in [0, 0.05) is 12.3 Å². The molecule has 0 saturated heterocycles. The summed E-state index contributed by atoms with van der Waals surface area (Å²) in [6.07, 6.45) is 5.45. The van der Waals surface area contributed by atoms with Crippen molar-refractivity contribution in [3.05, 3.63) is 54.1 Å². The summed E-state index contributed by atoms with van der Waals surface area (Å²) in [4.78, 5) is 16.4. The van der Waals surface area contributed by atoms with E-state index < -0.39 is 0 Å². The molecule has 0 atom stereocenters. The molecule has 3 heterocycles. The number of pyridine rings is 1. The molecule has 0 aliphatic carbocycles. The predicted molar refractivity (Wildman–Crippen MR) is 85.4 cm³/mol. The lowest BCUT2D eigenvalue weighted by molar-refractivity contribution is 0.0946. The maximum absolute atomic E-state index is 12.2. The minimum Gasteiger partial charge on any atom is -0.359 e. The molecule has 0 unspecified atom stereocenters. The Bertz CT molecular complexity index is 792. The summed E-state index contributed by atoms with van der Waals surface area (Å²) < 4.78 is 6.88. The summed E-state index contributed by atoms with van der Waals surface area (Å²) in [5, 5.41) is 14.2. The van der Waals surface area contributed by atoms with Gasteiger partial charge in [0.25, 0.3) is 5.91 Å². The van der Waals surface area contributed by atoms with Crippen LogP contribution < -0.4 is 5.32 Å². The number of hydrogen-bond acceptors (Lipinski definition) is 6. The molecule has 3 aromatic heterocycles. The van der Waals surface area contributed by atoms with Gasteiger partial charge in [-0.2, -0.15) is 0 Å². The first kappa shape index (κ1) is 15.9. The van der Waals surface area contributed by atoms with E-state index in [-0.39, 0.29) is 12.5 Å². The molecule has 3 aromatic rings. The highest BCUT2D eigenvalue weighted by molar-refractivity contribution is 5.93. The maximum Gasteiger partial charge on any atom is 0.253 e. The van der Waals surface area contributed by atoms with E-state index in [1.165, 1.54) is 6.20 Å². The van der Waals surface area contributed by atoms with Crippen LogP contribution in [0.4, 0.5) is 0 Å². The Balaban J connectivity index is 1.58. The zero-order valence-corrected chi connectivity index (χ0v) is 13.5. The van der Waals surface area contributed by atoms with Crippen LogP contribution in [-0.4, -0.2) is 30.8 Å². The molecule has 0 fully saturated rings. The minimum absolute atomic E-state index is 0.223. The largest absolute Gasteiger partial charge is 0.359 e. The van der Waals surface area contributed by atoms with E-state index in [4.69, 9.17) is 4.52 Å². The zero-order chi connectivity index (χ0) is 16.9. The second-order valence-corrected chi connectivity index (χ2v) is 5.84. The number of aromatic nitrogens is 5. The van der Waals surface area contributed by atoms with Crippen LogP contribution in [0.15, 0.2) is 41.6 Å². The van der Waals surface area contributed by atoms with Gasteiger partial charge in [-0.1, -0.05) is 19.0 Å².